The summed E-state index contributed by atoms with van der Waals surface area (Å²) in [6.07, 6.45) is 0. The van der Waals surface area contributed by atoms with E-state index in [1.54, 1.807) is 0 Å². The van der Waals surface area contributed by atoms with Crippen LogP contribution in [-0.2, 0) is 0 Å². The number of rotatable bonds is 1. The third-order valence-electron chi connectivity index (χ3n) is 2.44. The Morgan fingerprint density at radius 1 is 0.875 bits per heavy atom. The molecule has 0 aliphatic rings. The van der Waals surface area contributed by atoms with Gasteiger partial charge in [-0.2, -0.15) is 0 Å². The van der Waals surface area contributed by atoms with Gasteiger partial charge in [-0.3, -0.25) is 0 Å². The first-order valence-electron chi connectivity index (χ1n) is 4.76. The Balaban J connectivity index is 2.68. The molecule has 0 unspecified atom stereocenters. The van der Waals surface area contributed by atoms with Crippen molar-refractivity contribution in [1.82, 2.24) is 0 Å². The van der Waals surface area contributed by atoms with Gasteiger partial charge in [0, 0.05) is 5.56 Å². The van der Waals surface area contributed by atoms with E-state index in [0.29, 0.717) is 5.56 Å². The van der Waals surface area contributed by atoms with Gasteiger partial charge >= 0.3 is 0 Å². The zero-order valence-corrected chi connectivity index (χ0v) is 8.51. The molecule has 0 aromatic heterocycles. The molecular formula is C12H12N2O2. The lowest BCUT2D eigenvalue weighted by Gasteiger charge is -2.11. The predicted molar refractivity (Wildman–Crippen MR) is 64.0 cm³/mol. The molecule has 0 heterocycles. The van der Waals surface area contributed by atoms with Gasteiger partial charge in [-0.15, -0.1) is 0 Å². The Labute approximate surface area is 92.8 Å². The summed E-state index contributed by atoms with van der Waals surface area (Å²) >= 11 is 0. The number of nitrogens with two attached hydrogens (primary N) is 2. The smallest absolute Gasteiger partial charge is 0.148 e. The number of phenols is 2. The third-order valence-corrected chi connectivity index (χ3v) is 2.44. The molecule has 2 aromatic carbocycles. The van der Waals surface area contributed by atoms with Crippen LogP contribution < -0.4 is 11.5 Å². The molecule has 0 spiro atoms. The van der Waals surface area contributed by atoms with Gasteiger partial charge in [-0.25, -0.2) is 0 Å². The highest BCUT2D eigenvalue weighted by molar-refractivity contribution is 5.87. The van der Waals surface area contributed by atoms with E-state index in [2.05, 4.69) is 0 Å². The Morgan fingerprint density at radius 3 is 2.12 bits per heavy atom. The zero-order valence-electron chi connectivity index (χ0n) is 8.51. The fourth-order valence-electron chi connectivity index (χ4n) is 1.53. The van der Waals surface area contributed by atoms with Crippen molar-refractivity contribution in [2.24, 2.45) is 0 Å². The van der Waals surface area contributed by atoms with Gasteiger partial charge in [-0.05, 0) is 11.6 Å². The second-order valence-electron chi connectivity index (χ2n) is 3.49. The summed E-state index contributed by atoms with van der Waals surface area (Å²) in [6.45, 7) is 0. The normalized spacial score (nSPS) is 10.2. The summed E-state index contributed by atoms with van der Waals surface area (Å²) in [5.41, 5.74) is 12.3. The first-order chi connectivity index (χ1) is 7.61. The number of anilines is 2. The van der Waals surface area contributed by atoms with Crippen molar-refractivity contribution in [3.63, 3.8) is 0 Å². The lowest BCUT2D eigenvalue weighted by molar-refractivity contribution is 0.466. The molecular weight excluding hydrogens is 204 g/mol. The number of hydrogen-bond donors (Lipinski definition) is 4. The number of aromatic hydroxyl groups is 2. The molecule has 0 radical (unpaired) electrons. The van der Waals surface area contributed by atoms with E-state index in [9.17, 15) is 10.2 Å². The van der Waals surface area contributed by atoms with E-state index in [1.807, 2.05) is 30.3 Å². The number of nitrogen functional groups attached to an aromatic ring is 2. The van der Waals surface area contributed by atoms with Crippen molar-refractivity contribution in [3.8, 4) is 22.6 Å². The van der Waals surface area contributed by atoms with Gasteiger partial charge in [0.1, 0.15) is 22.9 Å². The minimum atomic E-state index is -0.130. The SMILES string of the molecule is Nc1c(O)cc(-c2ccccc2)c(O)c1N. The van der Waals surface area contributed by atoms with Gasteiger partial charge in [-0.1, -0.05) is 30.3 Å². The molecule has 82 valence electrons. The summed E-state index contributed by atoms with van der Waals surface area (Å²) < 4.78 is 0. The second-order valence-corrected chi connectivity index (χ2v) is 3.49. The molecule has 0 amide bonds. The maximum Gasteiger partial charge on any atom is 0.148 e. The van der Waals surface area contributed by atoms with Crippen LogP contribution >= 0.6 is 0 Å². The highest BCUT2D eigenvalue weighted by Gasteiger charge is 2.13. The summed E-state index contributed by atoms with van der Waals surface area (Å²) in [7, 11) is 0. The fourth-order valence-corrected chi connectivity index (χ4v) is 1.53. The summed E-state index contributed by atoms with van der Waals surface area (Å²) in [5, 5.41) is 19.4. The molecule has 0 aliphatic heterocycles. The van der Waals surface area contributed by atoms with Gasteiger partial charge in [0.25, 0.3) is 0 Å². The van der Waals surface area contributed by atoms with E-state index in [0.717, 1.165) is 5.56 Å². The molecule has 6 N–H and O–H groups in total. The zero-order chi connectivity index (χ0) is 11.7. The highest BCUT2D eigenvalue weighted by Crippen LogP contribution is 2.42. The monoisotopic (exact) mass is 216 g/mol. The van der Waals surface area contributed by atoms with Crippen molar-refractivity contribution in [2.45, 2.75) is 0 Å². The van der Waals surface area contributed by atoms with E-state index in [-0.39, 0.29) is 22.9 Å². The number of phenolic OH excluding ortho intramolecular Hbond substituents is 2. The Kier molecular flexibility index (Phi) is 2.32. The van der Waals surface area contributed by atoms with Crippen LogP contribution in [0.2, 0.25) is 0 Å². The van der Waals surface area contributed by atoms with Crippen LogP contribution in [0.1, 0.15) is 0 Å². The molecule has 16 heavy (non-hydrogen) atoms. The Morgan fingerprint density at radius 2 is 1.50 bits per heavy atom. The second kappa shape index (κ2) is 3.66. The molecule has 2 aromatic rings. The number of hydrogen-bond acceptors (Lipinski definition) is 4. The van der Waals surface area contributed by atoms with Crippen LogP contribution in [-0.4, -0.2) is 10.2 Å². The Bertz CT molecular complexity index is 524. The van der Waals surface area contributed by atoms with Crippen LogP contribution in [0.4, 0.5) is 11.4 Å². The topological polar surface area (TPSA) is 92.5 Å². The lowest BCUT2D eigenvalue weighted by Crippen LogP contribution is -1.96. The van der Waals surface area contributed by atoms with Crippen LogP contribution in [0.3, 0.4) is 0 Å². The maximum absolute atomic E-state index is 9.84. The standard InChI is InChI=1S/C12H12N2O2/c13-10-9(15)6-8(12(16)11(10)14)7-4-2-1-3-5-7/h1-6,15-16H,13-14H2. The molecule has 0 fully saturated rings. The summed E-state index contributed by atoms with van der Waals surface area (Å²) in [6, 6.07) is 10.5. The van der Waals surface area contributed by atoms with Crippen molar-refractivity contribution in [1.29, 1.82) is 0 Å². The largest absolute Gasteiger partial charge is 0.506 e. The third kappa shape index (κ3) is 1.50. The molecule has 4 nitrogen and oxygen atoms in total. The minimum Gasteiger partial charge on any atom is -0.506 e. The first-order valence-corrected chi connectivity index (χ1v) is 4.76. The van der Waals surface area contributed by atoms with Gasteiger partial charge in [0.2, 0.25) is 0 Å². The minimum absolute atomic E-state index is 0.00106. The van der Waals surface area contributed by atoms with Crippen molar-refractivity contribution in [2.75, 3.05) is 11.5 Å². The number of benzene rings is 2. The van der Waals surface area contributed by atoms with Crippen LogP contribution in [0, 0.1) is 0 Å². The van der Waals surface area contributed by atoms with Crippen molar-refractivity contribution in [3.05, 3.63) is 36.4 Å². The van der Waals surface area contributed by atoms with Crippen molar-refractivity contribution < 1.29 is 10.2 Å². The summed E-state index contributed by atoms with van der Waals surface area (Å²) in [5.74, 6) is -0.240. The average molecular weight is 216 g/mol. The molecule has 0 atom stereocenters. The molecule has 0 aliphatic carbocycles. The van der Waals surface area contributed by atoms with Gasteiger partial charge < -0.3 is 21.7 Å². The van der Waals surface area contributed by atoms with Gasteiger partial charge in [0.05, 0.1) is 0 Å². The van der Waals surface area contributed by atoms with E-state index in [4.69, 9.17) is 11.5 Å². The molecule has 2 rings (SSSR count). The highest BCUT2D eigenvalue weighted by atomic mass is 16.3. The van der Waals surface area contributed by atoms with Crippen molar-refractivity contribution >= 4 is 11.4 Å². The van der Waals surface area contributed by atoms with Crippen LogP contribution in [0.5, 0.6) is 11.5 Å². The fraction of sp³-hybridized carbons (Fsp3) is 0. The maximum atomic E-state index is 9.84. The molecule has 0 bridgehead atoms. The van der Waals surface area contributed by atoms with Crippen LogP contribution in [0.15, 0.2) is 36.4 Å². The van der Waals surface area contributed by atoms with E-state index < -0.39 is 0 Å². The molecule has 0 saturated heterocycles. The van der Waals surface area contributed by atoms with Gasteiger partial charge in [0.15, 0.2) is 0 Å². The van der Waals surface area contributed by atoms with E-state index >= 15 is 0 Å². The van der Waals surface area contributed by atoms with Crippen LogP contribution in [0.25, 0.3) is 11.1 Å². The lowest BCUT2D eigenvalue weighted by atomic mass is 10.0. The quantitative estimate of drug-likeness (QED) is 0.333. The average Bonchev–Trinajstić information content (AvgIpc) is 2.32. The summed E-state index contributed by atoms with van der Waals surface area (Å²) in [4.78, 5) is 0. The molecule has 4 heteroatoms. The van der Waals surface area contributed by atoms with E-state index in [1.165, 1.54) is 6.07 Å². The Hall–Kier alpha value is -2.36. The predicted octanol–water partition coefficient (Wildman–Crippen LogP) is 1.93. The first kappa shape index (κ1) is 10.2. The molecule has 0 saturated carbocycles.